The third-order valence-electron chi connectivity index (χ3n) is 2.94. The van der Waals surface area contributed by atoms with Gasteiger partial charge in [0.05, 0.1) is 0 Å². The van der Waals surface area contributed by atoms with Crippen LogP contribution in [0.1, 0.15) is 36.9 Å². The van der Waals surface area contributed by atoms with Gasteiger partial charge in [0, 0.05) is 23.2 Å². The van der Waals surface area contributed by atoms with E-state index in [4.69, 9.17) is 17.3 Å². The summed E-state index contributed by atoms with van der Waals surface area (Å²) in [7, 11) is 0. The molecule has 1 heterocycles. The molecule has 1 unspecified atom stereocenters. The number of amides is 1. The number of benzene rings is 1. The second kappa shape index (κ2) is 4.44. The van der Waals surface area contributed by atoms with E-state index in [1.165, 1.54) is 0 Å². The summed E-state index contributed by atoms with van der Waals surface area (Å²) < 4.78 is 0. The fourth-order valence-electron chi connectivity index (χ4n) is 2.00. The molecule has 0 aliphatic carbocycles. The maximum absolute atomic E-state index is 11.4. The molecular weight excluding hydrogens is 224 g/mol. The molecule has 0 saturated carbocycles. The number of nitrogens with one attached hydrogen (secondary N) is 1. The van der Waals surface area contributed by atoms with Crippen molar-refractivity contribution in [1.82, 2.24) is 0 Å². The predicted octanol–water partition coefficient (Wildman–Crippen LogP) is 2.63. The lowest BCUT2D eigenvalue weighted by molar-refractivity contribution is -0.116. The molecule has 1 amide bonds. The number of nitrogens with two attached hydrogens (primary N) is 1. The first-order valence-electron chi connectivity index (χ1n) is 5.49. The van der Waals surface area contributed by atoms with Gasteiger partial charge < -0.3 is 11.1 Å². The van der Waals surface area contributed by atoms with E-state index < -0.39 is 0 Å². The summed E-state index contributed by atoms with van der Waals surface area (Å²) in [4.78, 5) is 11.4. The van der Waals surface area contributed by atoms with Gasteiger partial charge in [-0.25, -0.2) is 0 Å². The van der Waals surface area contributed by atoms with Crippen LogP contribution in [0.2, 0.25) is 5.02 Å². The summed E-state index contributed by atoms with van der Waals surface area (Å²) in [6.45, 7) is 2.02. The Balaban J connectivity index is 2.51. The zero-order valence-electron chi connectivity index (χ0n) is 9.22. The van der Waals surface area contributed by atoms with Crippen LogP contribution in [0.3, 0.4) is 0 Å². The molecule has 0 aromatic heterocycles. The van der Waals surface area contributed by atoms with Crippen molar-refractivity contribution in [3.05, 3.63) is 28.3 Å². The summed E-state index contributed by atoms with van der Waals surface area (Å²) in [5, 5.41) is 3.58. The fourth-order valence-corrected chi connectivity index (χ4v) is 2.25. The minimum Gasteiger partial charge on any atom is -0.326 e. The summed E-state index contributed by atoms with van der Waals surface area (Å²) in [5.41, 5.74) is 8.92. The van der Waals surface area contributed by atoms with Crippen LogP contribution in [0.5, 0.6) is 0 Å². The Kier molecular flexibility index (Phi) is 3.17. The van der Waals surface area contributed by atoms with Gasteiger partial charge in [-0.2, -0.15) is 0 Å². The van der Waals surface area contributed by atoms with Gasteiger partial charge in [-0.1, -0.05) is 18.5 Å². The normalized spacial score (nSPS) is 16.6. The lowest BCUT2D eigenvalue weighted by Gasteiger charge is -2.23. The van der Waals surface area contributed by atoms with Crippen LogP contribution in [-0.2, 0) is 11.2 Å². The number of carbonyl (C=O) groups excluding carboxylic acids is 1. The highest BCUT2D eigenvalue weighted by Crippen LogP contribution is 2.33. The van der Waals surface area contributed by atoms with Gasteiger partial charge in [0.25, 0.3) is 0 Å². The number of hydrogen-bond acceptors (Lipinski definition) is 2. The molecule has 1 aliphatic heterocycles. The second-order valence-electron chi connectivity index (χ2n) is 4.09. The molecule has 0 radical (unpaired) electrons. The van der Waals surface area contributed by atoms with Gasteiger partial charge >= 0.3 is 0 Å². The van der Waals surface area contributed by atoms with E-state index in [9.17, 15) is 4.79 Å². The molecule has 0 bridgehead atoms. The first-order valence-corrected chi connectivity index (χ1v) is 5.87. The van der Waals surface area contributed by atoms with Crippen molar-refractivity contribution in [2.24, 2.45) is 5.73 Å². The Labute approximate surface area is 100.0 Å². The summed E-state index contributed by atoms with van der Waals surface area (Å²) in [5.74, 6) is 0.0550. The third kappa shape index (κ3) is 2.06. The second-order valence-corrected chi connectivity index (χ2v) is 4.53. The Bertz CT molecular complexity index is 431. The van der Waals surface area contributed by atoms with Crippen molar-refractivity contribution in [3.63, 3.8) is 0 Å². The Hall–Kier alpha value is -1.06. The van der Waals surface area contributed by atoms with Crippen molar-refractivity contribution in [3.8, 4) is 0 Å². The van der Waals surface area contributed by atoms with Gasteiger partial charge in [0.15, 0.2) is 0 Å². The highest BCUT2D eigenvalue weighted by molar-refractivity contribution is 6.31. The highest BCUT2D eigenvalue weighted by atomic mass is 35.5. The van der Waals surface area contributed by atoms with E-state index in [1.54, 1.807) is 0 Å². The van der Waals surface area contributed by atoms with Gasteiger partial charge in [-0.3, -0.25) is 4.79 Å². The minimum absolute atomic E-state index is 0.0550. The first kappa shape index (κ1) is 11.4. The average Bonchev–Trinajstić information content (AvgIpc) is 2.27. The lowest BCUT2D eigenvalue weighted by atomic mass is 9.94. The molecule has 0 spiro atoms. The molecular formula is C12H15ClN2O. The van der Waals surface area contributed by atoms with E-state index in [1.807, 2.05) is 19.1 Å². The van der Waals surface area contributed by atoms with Crippen LogP contribution in [0, 0.1) is 0 Å². The van der Waals surface area contributed by atoms with Gasteiger partial charge in [0.1, 0.15) is 0 Å². The molecule has 4 heteroatoms. The maximum atomic E-state index is 11.4. The van der Waals surface area contributed by atoms with E-state index >= 15 is 0 Å². The van der Waals surface area contributed by atoms with Crippen molar-refractivity contribution >= 4 is 23.2 Å². The fraction of sp³-hybridized carbons (Fsp3) is 0.417. The Morgan fingerprint density at radius 3 is 2.94 bits per heavy atom. The molecule has 16 heavy (non-hydrogen) atoms. The van der Waals surface area contributed by atoms with E-state index in [0.29, 0.717) is 11.4 Å². The van der Waals surface area contributed by atoms with Crippen molar-refractivity contribution in [1.29, 1.82) is 0 Å². The zero-order chi connectivity index (χ0) is 11.7. The molecule has 0 saturated heterocycles. The van der Waals surface area contributed by atoms with Crippen LogP contribution in [-0.4, -0.2) is 5.91 Å². The number of anilines is 1. The van der Waals surface area contributed by atoms with E-state index in [-0.39, 0.29) is 11.9 Å². The van der Waals surface area contributed by atoms with Crippen LogP contribution in [0.4, 0.5) is 5.69 Å². The number of carbonyl (C=O) groups is 1. The van der Waals surface area contributed by atoms with Crippen molar-refractivity contribution < 1.29 is 4.79 Å². The average molecular weight is 239 g/mol. The van der Waals surface area contributed by atoms with Crippen LogP contribution in [0.25, 0.3) is 0 Å². The number of hydrogen-bond donors (Lipinski definition) is 2. The molecule has 3 nitrogen and oxygen atoms in total. The van der Waals surface area contributed by atoms with E-state index in [2.05, 4.69) is 5.32 Å². The topological polar surface area (TPSA) is 55.1 Å². The van der Waals surface area contributed by atoms with Crippen LogP contribution >= 0.6 is 11.6 Å². The van der Waals surface area contributed by atoms with Gasteiger partial charge in [-0.05, 0) is 36.1 Å². The first-order chi connectivity index (χ1) is 7.61. The Morgan fingerprint density at radius 1 is 1.50 bits per heavy atom. The minimum atomic E-state index is -0.0779. The molecule has 1 atom stereocenters. The molecule has 3 N–H and O–H groups in total. The van der Waals surface area contributed by atoms with Gasteiger partial charge in [0.2, 0.25) is 5.91 Å². The lowest BCUT2D eigenvalue weighted by Crippen LogP contribution is -2.22. The summed E-state index contributed by atoms with van der Waals surface area (Å²) in [6, 6.07) is 3.67. The largest absolute Gasteiger partial charge is 0.326 e. The standard InChI is InChI=1S/C12H15ClN2O/c1-2-10(14)9-6-8(13)5-7-3-4-11(16)15-12(7)9/h5-6,10H,2-4,14H2,1H3,(H,15,16). The van der Waals surface area contributed by atoms with Crippen molar-refractivity contribution in [2.45, 2.75) is 32.2 Å². The van der Waals surface area contributed by atoms with E-state index in [0.717, 1.165) is 29.7 Å². The zero-order valence-corrected chi connectivity index (χ0v) is 9.97. The van der Waals surface area contributed by atoms with Crippen LogP contribution in [0.15, 0.2) is 12.1 Å². The number of aryl methyl sites for hydroxylation is 1. The monoisotopic (exact) mass is 238 g/mol. The molecule has 0 fully saturated rings. The third-order valence-corrected chi connectivity index (χ3v) is 3.16. The van der Waals surface area contributed by atoms with Crippen LogP contribution < -0.4 is 11.1 Å². The number of halogens is 1. The van der Waals surface area contributed by atoms with Crippen molar-refractivity contribution in [2.75, 3.05) is 5.32 Å². The SMILES string of the molecule is CCC(N)c1cc(Cl)cc2c1NC(=O)CC2. The molecule has 1 aromatic carbocycles. The molecule has 1 aliphatic rings. The number of fused-ring (bicyclic) bond motifs is 1. The molecule has 1 aromatic rings. The predicted molar refractivity (Wildman–Crippen MR) is 65.6 cm³/mol. The Morgan fingerprint density at radius 2 is 2.25 bits per heavy atom. The summed E-state index contributed by atoms with van der Waals surface area (Å²) in [6.07, 6.45) is 2.09. The molecule has 2 rings (SSSR count). The van der Waals surface area contributed by atoms with Gasteiger partial charge in [-0.15, -0.1) is 0 Å². The highest BCUT2D eigenvalue weighted by Gasteiger charge is 2.20. The maximum Gasteiger partial charge on any atom is 0.224 e. The quantitative estimate of drug-likeness (QED) is 0.832. The molecule has 86 valence electrons. The smallest absolute Gasteiger partial charge is 0.224 e. The number of rotatable bonds is 2. The summed E-state index contributed by atoms with van der Waals surface area (Å²) >= 11 is 6.05.